The summed E-state index contributed by atoms with van der Waals surface area (Å²) in [5.41, 5.74) is 1.93. The van der Waals surface area contributed by atoms with Crippen LogP contribution in [-0.4, -0.2) is 23.8 Å². The zero-order chi connectivity index (χ0) is 20.1. The highest BCUT2D eigenvalue weighted by molar-refractivity contribution is 5.79. The minimum atomic E-state index is -0.536. The maximum atomic E-state index is 12.4. The minimum absolute atomic E-state index is 0.0803. The van der Waals surface area contributed by atoms with E-state index in [2.05, 4.69) is 41.2 Å². The lowest BCUT2D eigenvalue weighted by Gasteiger charge is -2.62. The van der Waals surface area contributed by atoms with Crippen LogP contribution in [0.1, 0.15) is 79.6 Å². The summed E-state index contributed by atoms with van der Waals surface area (Å²) in [7, 11) is 0. The fraction of sp³-hybridized carbons (Fsp3) is 0.880. The third-order valence-electron chi connectivity index (χ3n) is 9.95. The van der Waals surface area contributed by atoms with Gasteiger partial charge >= 0.3 is 0 Å². The third-order valence-corrected chi connectivity index (χ3v) is 9.95. The number of hydrogen-bond donors (Lipinski definition) is 0. The second-order valence-electron chi connectivity index (χ2n) is 11.7. The smallest absolute Gasteiger partial charge is 0.163 e. The lowest BCUT2D eigenvalue weighted by Crippen LogP contribution is -2.63. The van der Waals surface area contributed by atoms with Crippen LogP contribution in [0.4, 0.5) is 0 Å². The molecule has 3 nitrogen and oxygen atoms in total. The van der Waals surface area contributed by atoms with E-state index >= 15 is 0 Å². The highest BCUT2D eigenvalue weighted by atomic mass is 16.8. The molecule has 28 heavy (non-hydrogen) atoms. The maximum absolute atomic E-state index is 12.4. The number of rotatable bonds is 1. The summed E-state index contributed by atoms with van der Waals surface area (Å²) in [6.07, 6.45) is 7.86. The molecule has 0 N–H and O–H groups in total. The van der Waals surface area contributed by atoms with Gasteiger partial charge in [-0.3, -0.25) is 4.79 Å². The Morgan fingerprint density at radius 1 is 0.929 bits per heavy atom. The van der Waals surface area contributed by atoms with E-state index in [0.717, 1.165) is 12.8 Å². The van der Waals surface area contributed by atoms with Gasteiger partial charge in [-0.15, -0.1) is 0 Å². The van der Waals surface area contributed by atoms with Gasteiger partial charge < -0.3 is 9.47 Å². The van der Waals surface area contributed by atoms with E-state index in [0.29, 0.717) is 47.2 Å². The normalized spacial score (nSPS) is 54.5. The van der Waals surface area contributed by atoms with E-state index < -0.39 is 5.79 Å². The van der Waals surface area contributed by atoms with Crippen molar-refractivity contribution in [3.05, 3.63) is 12.2 Å². The number of carbonyl (C=O) groups excluding carboxylic acids is 1. The zero-order valence-corrected chi connectivity index (χ0v) is 18.4. The van der Waals surface area contributed by atoms with Gasteiger partial charge in [0.15, 0.2) is 5.79 Å². The molecule has 1 unspecified atom stereocenters. The maximum Gasteiger partial charge on any atom is 0.163 e. The highest BCUT2D eigenvalue weighted by Crippen LogP contribution is 2.69. The molecular formula is C25H38O3. The van der Waals surface area contributed by atoms with Crippen molar-refractivity contribution in [3.63, 3.8) is 0 Å². The Morgan fingerprint density at radius 2 is 1.61 bits per heavy atom. The Morgan fingerprint density at radius 3 is 2.32 bits per heavy atom. The number of Topliss-reactive ketones (excluding diaryl/α,β-unsaturated/α-hetero) is 1. The Kier molecular flexibility index (Phi) is 4.09. The van der Waals surface area contributed by atoms with Crippen LogP contribution in [0.15, 0.2) is 12.2 Å². The Bertz CT molecular complexity index is 711. The molecule has 1 saturated heterocycles. The molecule has 3 heteroatoms. The second kappa shape index (κ2) is 5.94. The minimum Gasteiger partial charge on any atom is -0.344 e. The Hall–Kier alpha value is -0.670. The number of allylic oxidation sites excluding steroid dienone is 1. The molecule has 5 fully saturated rings. The van der Waals surface area contributed by atoms with Crippen molar-refractivity contribution in [1.29, 1.82) is 0 Å². The van der Waals surface area contributed by atoms with Crippen LogP contribution in [0.5, 0.6) is 0 Å². The van der Waals surface area contributed by atoms with Gasteiger partial charge in [-0.25, -0.2) is 0 Å². The molecule has 5 aliphatic rings. The average molecular weight is 387 g/mol. The Labute approximate surface area is 170 Å². The van der Waals surface area contributed by atoms with Crippen molar-refractivity contribution in [2.24, 2.45) is 40.4 Å². The van der Waals surface area contributed by atoms with Crippen LogP contribution in [0.25, 0.3) is 0 Å². The summed E-state index contributed by atoms with van der Waals surface area (Å²) in [5, 5.41) is 0. The molecule has 0 amide bonds. The summed E-state index contributed by atoms with van der Waals surface area (Å²) in [6.45, 7) is 15.7. The standard InChI is InChI=1S/C25H38O3/c1-14(2)16-7-8-17-20-18(10-12-24(16,17)5)25(6)11-9-15(26)13-19(25)21-22(20)28-23(3,4)27-21/h16-22H,1,7-13H2,2-6H3/t16?,17-,18-,19+,20-,21+,22+,24+,25+/m0/s1. The molecule has 5 rings (SSSR count). The zero-order valence-electron chi connectivity index (χ0n) is 18.4. The molecule has 0 bridgehead atoms. The fourth-order valence-electron chi connectivity index (χ4n) is 8.78. The summed E-state index contributed by atoms with van der Waals surface area (Å²) >= 11 is 0. The van der Waals surface area contributed by atoms with E-state index in [-0.39, 0.29) is 17.6 Å². The number of ether oxygens (including phenoxy) is 2. The van der Waals surface area contributed by atoms with E-state index in [1.165, 1.54) is 31.3 Å². The predicted octanol–water partition coefficient (Wildman–Crippen LogP) is 5.53. The van der Waals surface area contributed by atoms with E-state index in [4.69, 9.17) is 9.47 Å². The number of ketones is 1. The summed E-state index contributed by atoms with van der Waals surface area (Å²) in [5.74, 6) is 2.77. The second-order valence-corrected chi connectivity index (χ2v) is 11.7. The molecule has 0 aromatic rings. The van der Waals surface area contributed by atoms with E-state index in [9.17, 15) is 4.79 Å². The van der Waals surface area contributed by atoms with Gasteiger partial charge in [-0.05, 0) is 87.4 Å². The van der Waals surface area contributed by atoms with Crippen molar-refractivity contribution >= 4 is 5.78 Å². The van der Waals surface area contributed by atoms with Gasteiger partial charge in [0, 0.05) is 18.8 Å². The average Bonchev–Trinajstić information content (AvgIpc) is 3.12. The van der Waals surface area contributed by atoms with Gasteiger partial charge in [0.25, 0.3) is 0 Å². The lowest BCUT2D eigenvalue weighted by atomic mass is 9.43. The van der Waals surface area contributed by atoms with Crippen LogP contribution < -0.4 is 0 Å². The molecular weight excluding hydrogens is 348 g/mol. The molecule has 0 aromatic carbocycles. The highest BCUT2D eigenvalue weighted by Gasteiger charge is 2.68. The van der Waals surface area contributed by atoms with Crippen molar-refractivity contribution in [3.8, 4) is 0 Å². The molecule has 4 aliphatic carbocycles. The van der Waals surface area contributed by atoms with E-state index in [1.54, 1.807) is 0 Å². The summed E-state index contributed by atoms with van der Waals surface area (Å²) in [6, 6.07) is 0. The third kappa shape index (κ3) is 2.44. The van der Waals surface area contributed by atoms with Crippen LogP contribution in [-0.2, 0) is 14.3 Å². The van der Waals surface area contributed by atoms with Gasteiger partial charge in [0.05, 0.1) is 12.2 Å². The lowest BCUT2D eigenvalue weighted by molar-refractivity contribution is -0.180. The molecule has 0 radical (unpaired) electrons. The topological polar surface area (TPSA) is 35.5 Å². The summed E-state index contributed by atoms with van der Waals surface area (Å²) < 4.78 is 13.2. The van der Waals surface area contributed by atoms with Crippen molar-refractivity contribution in [2.45, 2.75) is 97.6 Å². The van der Waals surface area contributed by atoms with Gasteiger partial charge in [-0.1, -0.05) is 26.0 Å². The van der Waals surface area contributed by atoms with Crippen molar-refractivity contribution in [2.75, 3.05) is 0 Å². The number of fused-ring (bicyclic) bond motifs is 8. The largest absolute Gasteiger partial charge is 0.344 e. The first-order valence-electron chi connectivity index (χ1n) is 11.6. The van der Waals surface area contributed by atoms with Crippen molar-refractivity contribution in [1.82, 2.24) is 0 Å². The van der Waals surface area contributed by atoms with Crippen LogP contribution in [0, 0.1) is 40.4 Å². The van der Waals surface area contributed by atoms with Gasteiger partial charge in [0.2, 0.25) is 0 Å². The fourth-order valence-corrected chi connectivity index (χ4v) is 8.78. The summed E-state index contributed by atoms with van der Waals surface area (Å²) in [4.78, 5) is 12.4. The first kappa shape index (κ1) is 19.3. The molecule has 156 valence electrons. The van der Waals surface area contributed by atoms with Gasteiger partial charge in [0.1, 0.15) is 5.78 Å². The molecule has 0 spiro atoms. The van der Waals surface area contributed by atoms with Crippen molar-refractivity contribution < 1.29 is 14.3 Å². The quantitative estimate of drug-likeness (QED) is 0.556. The van der Waals surface area contributed by atoms with Crippen LogP contribution >= 0.6 is 0 Å². The number of hydrogen-bond acceptors (Lipinski definition) is 3. The predicted molar refractivity (Wildman–Crippen MR) is 110 cm³/mol. The van der Waals surface area contributed by atoms with Crippen LogP contribution in [0.3, 0.4) is 0 Å². The molecule has 4 saturated carbocycles. The van der Waals surface area contributed by atoms with Crippen LogP contribution in [0.2, 0.25) is 0 Å². The molecule has 0 aromatic heterocycles. The van der Waals surface area contributed by atoms with Gasteiger partial charge in [-0.2, -0.15) is 0 Å². The first-order valence-corrected chi connectivity index (χ1v) is 11.6. The molecule has 9 atom stereocenters. The monoisotopic (exact) mass is 386 g/mol. The first-order chi connectivity index (χ1) is 13.1. The Balaban J connectivity index is 1.58. The van der Waals surface area contributed by atoms with E-state index in [1.807, 2.05) is 0 Å². The molecule has 1 aliphatic heterocycles. The number of carbonyl (C=O) groups is 1. The molecule has 1 heterocycles. The SMILES string of the molecule is C=C(C)C1CC[C@H]2[C@@H]3[C@H]4OC(C)(C)O[C@@H]4[C@H]4CC(=O)CC[C@]4(C)[C@H]3CC[C@]12C.